The van der Waals surface area contributed by atoms with Crippen LogP contribution in [0.15, 0.2) is 53.1 Å². The first kappa shape index (κ1) is 19.1. The zero-order valence-electron chi connectivity index (χ0n) is 16.3. The van der Waals surface area contributed by atoms with Crippen LogP contribution in [0, 0.1) is 5.82 Å². The van der Waals surface area contributed by atoms with Crippen LogP contribution >= 0.6 is 0 Å². The zero-order chi connectivity index (χ0) is 20.4. The first-order chi connectivity index (χ1) is 14.0. The van der Waals surface area contributed by atoms with Gasteiger partial charge in [0.2, 0.25) is 5.91 Å². The van der Waals surface area contributed by atoms with E-state index in [2.05, 4.69) is 10.1 Å². The predicted molar refractivity (Wildman–Crippen MR) is 105 cm³/mol. The van der Waals surface area contributed by atoms with E-state index in [0.29, 0.717) is 25.3 Å². The molecule has 1 aliphatic rings. The highest BCUT2D eigenvalue weighted by Gasteiger charge is 2.34. The Labute approximate surface area is 168 Å². The molecule has 0 N–H and O–H groups in total. The summed E-state index contributed by atoms with van der Waals surface area (Å²) in [4.78, 5) is 18.6. The summed E-state index contributed by atoms with van der Waals surface area (Å²) in [5.41, 5.74) is 1.28. The molecule has 0 spiro atoms. The lowest BCUT2D eigenvalue weighted by Gasteiger charge is -2.17. The van der Waals surface area contributed by atoms with Crippen molar-refractivity contribution in [2.45, 2.75) is 38.8 Å². The van der Waals surface area contributed by atoms with E-state index >= 15 is 0 Å². The largest absolute Gasteiger partial charge is 0.491 e. The minimum atomic E-state index is -0.420. The quantitative estimate of drug-likeness (QED) is 0.626. The second kappa shape index (κ2) is 8.03. The number of hydrogen-bond acceptors (Lipinski definition) is 5. The molecular formula is C22H22FN3O3. The standard InChI is InChI=1S/C22H22FN3O3/c1-14(2)28-17-9-7-15(8-10-17)12-26-13-16(11-20(26)27)21-24-22(29-25-21)18-5-3-4-6-19(18)23/h3-10,14,16H,11-13H2,1-2H3. The smallest absolute Gasteiger partial charge is 0.260 e. The van der Waals surface area contributed by atoms with Crippen molar-refractivity contribution >= 4 is 5.91 Å². The van der Waals surface area contributed by atoms with Gasteiger partial charge in [0.05, 0.1) is 11.7 Å². The summed E-state index contributed by atoms with van der Waals surface area (Å²) in [5, 5.41) is 3.98. The molecule has 1 aromatic heterocycles. The van der Waals surface area contributed by atoms with Gasteiger partial charge in [-0.05, 0) is 43.7 Å². The first-order valence-electron chi connectivity index (χ1n) is 9.61. The number of ether oxygens (including phenoxy) is 1. The Morgan fingerprint density at radius 2 is 1.97 bits per heavy atom. The number of aromatic nitrogens is 2. The van der Waals surface area contributed by atoms with Crippen molar-refractivity contribution in [2.24, 2.45) is 0 Å². The van der Waals surface area contributed by atoms with Crippen molar-refractivity contribution < 1.29 is 18.4 Å². The molecule has 3 aromatic rings. The van der Waals surface area contributed by atoms with E-state index in [1.807, 2.05) is 38.1 Å². The van der Waals surface area contributed by atoms with Crippen molar-refractivity contribution in [3.05, 3.63) is 65.7 Å². The normalized spacial score (nSPS) is 16.6. The van der Waals surface area contributed by atoms with Gasteiger partial charge < -0.3 is 14.2 Å². The Hall–Kier alpha value is -3.22. The number of carbonyl (C=O) groups is 1. The SMILES string of the molecule is CC(C)Oc1ccc(CN2CC(c3noc(-c4ccccc4F)n3)CC2=O)cc1. The van der Waals surface area contributed by atoms with Crippen LogP contribution in [-0.2, 0) is 11.3 Å². The molecule has 0 aliphatic carbocycles. The maximum absolute atomic E-state index is 13.9. The van der Waals surface area contributed by atoms with Crippen LogP contribution < -0.4 is 4.74 Å². The molecule has 7 heteroatoms. The Balaban J connectivity index is 1.43. The molecule has 4 rings (SSSR count). The van der Waals surface area contributed by atoms with E-state index in [4.69, 9.17) is 9.26 Å². The van der Waals surface area contributed by atoms with Gasteiger partial charge in [0.15, 0.2) is 5.82 Å². The van der Waals surface area contributed by atoms with Crippen LogP contribution in [0.3, 0.4) is 0 Å². The highest BCUT2D eigenvalue weighted by Crippen LogP contribution is 2.30. The van der Waals surface area contributed by atoms with Gasteiger partial charge in [0.1, 0.15) is 11.6 Å². The van der Waals surface area contributed by atoms with Gasteiger partial charge in [-0.15, -0.1) is 0 Å². The topological polar surface area (TPSA) is 68.5 Å². The summed E-state index contributed by atoms with van der Waals surface area (Å²) in [5.74, 6) is 0.813. The van der Waals surface area contributed by atoms with E-state index < -0.39 is 5.82 Å². The van der Waals surface area contributed by atoms with Gasteiger partial charge in [-0.3, -0.25) is 4.79 Å². The average Bonchev–Trinajstić information content (AvgIpc) is 3.31. The monoisotopic (exact) mass is 395 g/mol. The van der Waals surface area contributed by atoms with Gasteiger partial charge in [0, 0.05) is 25.4 Å². The number of rotatable bonds is 6. The lowest BCUT2D eigenvalue weighted by Crippen LogP contribution is -2.24. The highest BCUT2D eigenvalue weighted by molar-refractivity contribution is 5.79. The lowest BCUT2D eigenvalue weighted by atomic mass is 10.1. The summed E-state index contributed by atoms with van der Waals surface area (Å²) in [6.07, 6.45) is 0.427. The number of likely N-dealkylation sites (tertiary alicyclic amines) is 1. The molecule has 1 saturated heterocycles. The lowest BCUT2D eigenvalue weighted by molar-refractivity contribution is -0.128. The molecule has 1 aliphatic heterocycles. The average molecular weight is 395 g/mol. The number of carbonyl (C=O) groups excluding carboxylic acids is 1. The molecule has 150 valence electrons. The van der Waals surface area contributed by atoms with Gasteiger partial charge >= 0.3 is 0 Å². The van der Waals surface area contributed by atoms with Crippen LogP contribution in [-0.4, -0.2) is 33.6 Å². The fourth-order valence-electron chi connectivity index (χ4n) is 3.41. The summed E-state index contributed by atoms with van der Waals surface area (Å²) < 4.78 is 24.8. The molecule has 1 unspecified atom stereocenters. The molecule has 2 heterocycles. The second-order valence-electron chi connectivity index (χ2n) is 7.42. The fourth-order valence-corrected chi connectivity index (χ4v) is 3.41. The predicted octanol–water partition coefficient (Wildman–Crippen LogP) is 4.18. The van der Waals surface area contributed by atoms with Crippen LogP contribution in [0.1, 0.15) is 37.6 Å². The number of benzene rings is 2. The van der Waals surface area contributed by atoms with Gasteiger partial charge in [-0.2, -0.15) is 4.98 Å². The number of amides is 1. The molecule has 29 heavy (non-hydrogen) atoms. The third kappa shape index (κ3) is 4.29. The van der Waals surface area contributed by atoms with Crippen molar-refractivity contribution in [3.8, 4) is 17.2 Å². The van der Waals surface area contributed by atoms with Crippen LogP contribution in [0.5, 0.6) is 5.75 Å². The zero-order valence-corrected chi connectivity index (χ0v) is 16.3. The number of nitrogens with zero attached hydrogens (tertiary/aromatic N) is 3. The van der Waals surface area contributed by atoms with Crippen LogP contribution in [0.4, 0.5) is 4.39 Å². The van der Waals surface area contributed by atoms with Crippen molar-refractivity contribution in [1.82, 2.24) is 15.0 Å². The molecule has 1 atom stereocenters. The van der Waals surface area contributed by atoms with E-state index in [-0.39, 0.29) is 29.4 Å². The van der Waals surface area contributed by atoms with Gasteiger partial charge in [0.25, 0.3) is 5.89 Å². The third-order valence-corrected chi connectivity index (χ3v) is 4.79. The Morgan fingerprint density at radius 1 is 1.21 bits per heavy atom. The number of hydrogen-bond donors (Lipinski definition) is 0. The maximum Gasteiger partial charge on any atom is 0.260 e. The number of halogens is 1. The summed E-state index contributed by atoms with van der Waals surface area (Å²) in [6, 6.07) is 14.0. The van der Waals surface area contributed by atoms with Crippen LogP contribution in [0.2, 0.25) is 0 Å². The third-order valence-electron chi connectivity index (χ3n) is 4.79. The van der Waals surface area contributed by atoms with Crippen molar-refractivity contribution in [2.75, 3.05) is 6.54 Å². The summed E-state index contributed by atoms with van der Waals surface area (Å²) in [6.45, 7) is 4.97. The summed E-state index contributed by atoms with van der Waals surface area (Å²) >= 11 is 0. The molecule has 1 amide bonds. The minimum absolute atomic E-state index is 0.0368. The minimum Gasteiger partial charge on any atom is -0.491 e. The molecular weight excluding hydrogens is 373 g/mol. The van der Waals surface area contributed by atoms with Crippen molar-refractivity contribution in [3.63, 3.8) is 0 Å². The van der Waals surface area contributed by atoms with E-state index in [1.165, 1.54) is 6.07 Å². The Kier molecular flexibility index (Phi) is 5.29. The maximum atomic E-state index is 13.9. The Bertz CT molecular complexity index is 1000. The summed E-state index contributed by atoms with van der Waals surface area (Å²) in [7, 11) is 0. The molecule has 6 nitrogen and oxygen atoms in total. The molecule has 0 bridgehead atoms. The molecule has 0 saturated carbocycles. The first-order valence-corrected chi connectivity index (χ1v) is 9.61. The fraction of sp³-hybridized carbons (Fsp3) is 0.318. The Morgan fingerprint density at radius 3 is 2.69 bits per heavy atom. The van der Waals surface area contributed by atoms with Gasteiger partial charge in [-0.1, -0.05) is 29.4 Å². The van der Waals surface area contributed by atoms with E-state index in [9.17, 15) is 9.18 Å². The highest BCUT2D eigenvalue weighted by atomic mass is 19.1. The van der Waals surface area contributed by atoms with E-state index in [0.717, 1.165) is 11.3 Å². The van der Waals surface area contributed by atoms with E-state index in [1.54, 1.807) is 23.1 Å². The second-order valence-corrected chi connectivity index (χ2v) is 7.42. The van der Waals surface area contributed by atoms with Crippen LogP contribution in [0.25, 0.3) is 11.5 Å². The van der Waals surface area contributed by atoms with Gasteiger partial charge in [-0.25, -0.2) is 4.39 Å². The molecule has 1 fully saturated rings. The molecule has 2 aromatic carbocycles. The molecule has 0 radical (unpaired) electrons. The van der Waals surface area contributed by atoms with Crippen molar-refractivity contribution in [1.29, 1.82) is 0 Å².